The lowest BCUT2D eigenvalue weighted by Gasteiger charge is -2.09. The molecule has 2 N–H and O–H groups in total. The van der Waals surface area contributed by atoms with Gasteiger partial charge in [0.25, 0.3) is 0 Å². The van der Waals surface area contributed by atoms with E-state index in [4.69, 9.17) is 4.52 Å². The van der Waals surface area contributed by atoms with E-state index < -0.39 is 0 Å². The van der Waals surface area contributed by atoms with E-state index in [1.807, 2.05) is 24.4 Å². The summed E-state index contributed by atoms with van der Waals surface area (Å²) < 4.78 is 20.6. The highest BCUT2D eigenvalue weighted by atomic mass is 19.1. The Bertz CT molecular complexity index is 1290. The molecule has 1 aliphatic rings. The molecule has 176 valence electrons. The van der Waals surface area contributed by atoms with Crippen LogP contribution >= 0.6 is 0 Å². The number of carbonyl (C=O) groups excluding carboxylic acids is 1. The fraction of sp³-hybridized carbons (Fsp3) is 0.320. The number of nitrogens with zero attached hydrogens (tertiary/aromatic N) is 4. The molecule has 4 aromatic rings. The lowest BCUT2D eigenvalue weighted by molar-refractivity contribution is 0.252. The predicted molar refractivity (Wildman–Crippen MR) is 128 cm³/mol. The highest BCUT2D eigenvalue weighted by Gasteiger charge is 2.18. The van der Waals surface area contributed by atoms with Crippen molar-refractivity contribution in [1.29, 1.82) is 0 Å². The van der Waals surface area contributed by atoms with Gasteiger partial charge in [0.15, 0.2) is 0 Å². The average molecular weight is 463 g/mol. The second kappa shape index (κ2) is 9.64. The van der Waals surface area contributed by atoms with Crippen molar-refractivity contribution in [2.45, 2.75) is 39.4 Å². The summed E-state index contributed by atoms with van der Waals surface area (Å²) in [5.74, 6) is 0.842. The number of hydrogen-bond acceptors (Lipinski definition) is 5. The Hall–Kier alpha value is -3.72. The summed E-state index contributed by atoms with van der Waals surface area (Å²) in [6.45, 7) is 5.90. The third-order valence-electron chi connectivity index (χ3n) is 6.12. The van der Waals surface area contributed by atoms with Crippen molar-refractivity contribution in [3.63, 3.8) is 0 Å². The molecule has 34 heavy (non-hydrogen) atoms. The Morgan fingerprint density at radius 2 is 1.94 bits per heavy atom. The van der Waals surface area contributed by atoms with E-state index >= 15 is 0 Å². The molecule has 1 aliphatic heterocycles. The summed E-state index contributed by atoms with van der Waals surface area (Å²) >= 11 is 0. The lowest BCUT2D eigenvalue weighted by atomic mass is 10.1. The van der Waals surface area contributed by atoms with Gasteiger partial charge in [-0.25, -0.2) is 9.18 Å². The number of benzene rings is 2. The van der Waals surface area contributed by atoms with Crippen molar-refractivity contribution < 1.29 is 13.7 Å². The van der Waals surface area contributed by atoms with E-state index in [1.54, 1.807) is 12.1 Å². The molecule has 2 aromatic heterocycles. The Morgan fingerprint density at radius 1 is 1.15 bits per heavy atom. The molecule has 1 saturated heterocycles. The van der Waals surface area contributed by atoms with Crippen molar-refractivity contribution in [2.24, 2.45) is 0 Å². The summed E-state index contributed by atoms with van der Waals surface area (Å²) in [5, 5.41) is 10.8. The van der Waals surface area contributed by atoms with E-state index in [0.29, 0.717) is 30.5 Å². The molecule has 0 unspecified atom stereocenters. The van der Waals surface area contributed by atoms with E-state index in [9.17, 15) is 9.18 Å². The maximum absolute atomic E-state index is 13.1. The average Bonchev–Trinajstić information content (AvgIpc) is 3.60. The number of likely N-dealkylation sites (tertiary alicyclic amines) is 1. The van der Waals surface area contributed by atoms with Crippen LogP contribution in [0.5, 0.6) is 0 Å². The van der Waals surface area contributed by atoms with Crippen molar-refractivity contribution in [1.82, 2.24) is 24.9 Å². The van der Waals surface area contributed by atoms with Crippen LogP contribution in [0.1, 0.15) is 31.2 Å². The number of rotatable bonds is 7. The van der Waals surface area contributed by atoms with Crippen LogP contribution in [0.3, 0.4) is 0 Å². The van der Waals surface area contributed by atoms with Crippen molar-refractivity contribution in [3.05, 3.63) is 65.9 Å². The molecule has 5 rings (SSSR count). The number of amides is 2. The van der Waals surface area contributed by atoms with Crippen LogP contribution in [0.15, 0.2) is 53.2 Å². The molecule has 2 amide bonds. The minimum absolute atomic E-state index is 0.298. The van der Waals surface area contributed by atoms with Gasteiger partial charge in [-0.15, -0.1) is 0 Å². The third kappa shape index (κ3) is 4.79. The molecule has 2 aromatic carbocycles. The summed E-state index contributed by atoms with van der Waals surface area (Å²) in [6.07, 6.45) is 4.33. The molecular formula is C25H27FN6O2. The maximum Gasteiger partial charge on any atom is 0.319 e. The van der Waals surface area contributed by atoms with Crippen LogP contribution in [-0.4, -0.2) is 38.7 Å². The zero-order chi connectivity index (χ0) is 23.5. The first-order valence-electron chi connectivity index (χ1n) is 11.6. The predicted octanol–water partition coefficient (Wildman–Crippen LogP) is 4.77. The van der Waals surface area contributed by atoms with Gasteiger partial charge in [-0.05, 0) is 68.8 Å². The van der Waals surface area contributed by atoms with Gasteiger partial charge >= 0.3 is 6.03 Å². The summed E-state index contributed by atoms with van der Waals surface area (Å²) in [7, 11) is 0. The van der Waals surface area contributed by atoms with Crippen LogP contribution in [0.4, 0.5) is 14.9 Å². The molecule has 0 bridgehead atoms. The van der Waals surface area contributed by atoms with Crippen molar-refractivity contribution >= 4 is 22.6 Å². The standard InChI is InChI=1S/C25H27FN6O2/c1-2-32-15-21(28-25(33)27-14-17-5-8-19(26)9-6-17)20-13-18(7-10-22(20)32)24-29-23(34-30-24)16-31-11-3-4-12-31/h5-10,13,15H,2-4,11-12,14,16H2,1H3,(H2,27,28,33). The van der Waals surface area contributed by atoms with Gasteiger partial charge < -0.3 is 19.7 Å². The quantitative estimate of drug-likeness (QED) is 0.413. The minimum Gasteiger partial charge on any atom is -0.346 e. The second-order valence-corrected chi connectivity index (χ2v) is 8.49. The Labute approximate surface area is 196 Å². The van der Waals surface area contributed by atoms with Crippen LogP contribution in [0, 0.1) is 5.82 Å². The third-order valence-corrected chi connectivity index (χ3v) is 6.12. The van der Waals surface area contributed by atoms with Gasteiger partial charge in [0.05, 0.1) is 17.7 Å². The molecule has 0 spiro atoms. The molecule has 3 heterocycles. The van der Waals surface area contributed by atoms with Crippen molar-refractivity contribution in [3.8, 4) is 11.4 Å². The number of urea groups is 1. The topological polar surface area (TPSA) is 88.2 Å². The molecule has 0 atom stereocenters. The van der Waals surface area contributed by atoms with E-state index in [0.717, 1.165) is 41.7 Å². The first-order chi connectivity index (χ1) is 16.6. The van der Waals surface area contributed by atoms with E-state index in [2.05, 4.69) is 37.2 Å². The number of hydrogen-bond donors (Lipinski definition) is 2. The highest BCUT2D eigenvalue weighted by molar-refractivity contribution is 6.02. The van der Waals surface area contributed by atoms with E-state index in [1.165, 1.54) is 25.0 Å². The summed E-state index contributed by atoms with van der Waals surface area (Å²) in [4.78, 5) is 19.5. The van der Waals surface area contributed by atoms with Crippen LogP contribution < -0.4 is 10.6 Å². The van der Waals surface area contributed by atoms with Gasteiger partial charge in [-0.3, -0.25) is 4.90 Å². The number of nitrogens with one attached hydrogen (secondary N) is 2. The molecule has 0 aliphatic carbocycles. The van der Waals surface area contributed by atoms with Gasteiger partial charge in [0, 0.05) is 30.2 Å². The first kappa shape index (κ1) is 22.1. The Morgan fingerprint density at radius 3 is 2.71 bits per heavy atom. The first-order valence-corrected chi connectivity index (χ1v) is 11.6. The van der Waals surface area contributed by atoms with Crippen LogP contribution in [-0.2, 0) is 19.6 Å². The molecular weight excluding hydrogens is 435 g/mol. The number of aryl methyl sites for hydroxylation is 1. The molecule has 0 saturated carbocycles. The molecule has 8 nitrogen and oxygen atoms in total. The Balaban J connectivity index is 1.33. The molecule has 9 heteroatoms. The van der Waals surface area contributed by atoms with Crippen LogP contribution in [0.25, 0.3) is 22.3 Å². The number of fused-ring (bicyclic) bond motifs is 1. The fourth-order valence-electron chi connectivity index (χ4n) is 4.32. The number of anilines is 1. The fourth-order valence-corrected chi connectivity index (χ4v) is 4.32. The SMILES string of the molecule is CCn1cc(NC(=O)NCc2ccc(F)cc2)c2cc(-c3noc(CN4CCCC4)n3)ccc21. The minimum atomic E-state index is -0.336. The highest BCUT2D eigenvalue weighted by Crippen LogP contribution is 2.30. The van der Waals surface area contributed by atoms with E-state index in [-0.39, 0.29) is 11.8 Å². The maximum atomic E-state index is 13.1. The molecule has 0 radical (unpaired) electrons. The van der Waals surface area contributed by atoms with Crippen molar-refractivity contribution in [2.75, 3.05) is 18.4 Å². The zero-order valence-corrected chi connectivity index (χ0v) is 19.1. The number of aromatic nitrogens is 3. The largest absolute Gasteiger partial charge is 0.346 e. The van der Waals surface area contributed by atoms with Gasteiger partial charge in [-0.1, -0.05) is 17.3 Å². The molecule has 1 fully saturated rings. The normalized spacial score (nSPS) is 14.1. The van der Waals surface area contributed by atoms with Gasteiger partial charge in [0.1, 0.15) is 5.82 Å². The Kier molecular flexibility index (Phi) is 6.27. The van der Waals surface area contributed by atoms with Gasteiger partial charge in [-0.2, -0.15) is 4.98 Å². The smallest absolute Gasteiger partial charge is 0.319 e. The van der Waals surface area contributed by atoms with Crippen LogP contribution in [0.2, 0.25) is 0 Å². The monoisotopic (exact) mass is 462 g/mol. The number of halogens is 1. The van der Waals surface area contributed by atoms with Gasteiger partial charge in [0.2, 0.25) is 11.7 Å². The number of carbonyl (C=O) groups is 1. The second-order valence-electron chi connectivity index (χ2n) is 8.49. The zero-order valence-electron chi connectivity index (χ0n) is 19.1. The summed E-state index contributed by atoms with van der Waals surface area (Å²) in [5.41, 5.74) is 3.33. The lowest BCUT2D eigenvalue weighted by Crippen LogP contribution is -2.28. The summed E-state index contributed by atoms with van der Waals surface area (Å²) in [6, 6.07) is 11.7.